The maximum atomic E-state index is 15.0. The fourth-order valence-corrected chi connectivity index (χ4v) is 6.36. The van der Waals surface area contributed by atoms with E-state index in [2.05, 4.69) is 10.6 Å². The minimum absolute atomic E-state index is 0.0746. The smallest absolute Gasteiger partial charge is 0.313 e. The van der Waals surface area contributed by atoms with E-state index in [0.717, 1.165) is 22.1 Å². The Morgan fingerprint density at radius 3 is 2.73 bits per heavy atom. The third kappa shape index (κ3) is 4.39. The summed E-state index contributed by atoms with van der Waals surface area (Å²) in [7, 11) is 0. The highest BCUT2D eigenvalue weighted by Crippen LogP contribution is 2.45. The molecule has 11 heteroatoms. The maximum Gasteiger partial charge on any atom is 0.313 e. The quantitative estimate of drug-likeness (QED) is 0.201. The molecule has 0 spiro atoms. The number of hydrogen-bond donors (Lipinski definition) is 2. The second-order valence-electron chi connectivity index (χ2n) is 10.7. The van der Waals surface area contributed by atoms with Gasteiger partial charge in [0, 0.05) is 23.4 Å². The number of rotatable bonds is 7. The number of carbonyl (C=O) groups is 3. The zero-order chi connectivity index (χ0) is 29.0. The Balaban J connectivity index is 1.44. The van der Waals surface area contributed by atoms with E-state index in [1.165, 1.54) is 6.07 Å². The first-order chi connectivity index (χ1) is 19.7. The van der Waals surface area contributed by atoms with Gasteiger partial charge in [0.2, 0.25) is 11.8 Å². The predicted molar refractivity (Wildman–Crippen MR) is 147 cm³/mol. The number of aromatic nitrogens is 2. The second-order valence-corrected chi connectivity index (χ2v) is 10.7. The van der Waals surface area contributed by atoms with Crippen LogP contribution in [0.1, 0.15) is 78.5 Å². The average molecular weight is 563 g/mol. The van der Waals surface area contributed by atoms with Gasteiger partial charge in [0.1, 0.15) is 25.8 Å². The first-order valence-electron chi connectivity index (χ1n) is 13.9. The summed E-state index contributed by atoms with van der Waals surface area (Å²) in [6, 6.07) is 2.84. The number of fused-ring (bicyclic) bond motifs is 5. The Morgan fingerprint density at radius 1 is 1.17 bits per heavy atom. The topological polar surface area (TPSA) is 129 Å². The van der Waals surface area contributed by atoms with Crippen LogP contribution >= 0.6 is 0 Å². The van der Waals surface area contributed by atoms with Crippen LogP contribution < -0.4 is 16.2 Å². The van der Waals surface area contributed by atoms with Crippen molar-refractivity contribution in [2.24, 2.45) is 0 Å². The van der Waals surface area contributed by atoms with E-state index in [9.17, 15) is 19.2 Å². The summed E-state index contributed by atoms with van der Waals surface area (Å²) in [5.41, 5.74) is 5.47. The SMILES string of the molecule is CCC(=O)NCOCC(=O)N[C@H]1CCc2c(C)c(F)cc3nc4c(c1c23)Cn1c-4cc2c(c1=O)COC(=O)[C@@H]2CC. The van der Waals surface area contributed by atoms with Gasteiger partial charge >= 0.3 is 5.97 Å². The first kappa shape index (κ1) is 27.1. The number of pyridine rings is 2. The molecule has 1 aliphatic carbocycles. The number of nitrogens with zero attached hydrogens (tertiary/aromatic N) is 2. The maximum absolute atomic E-state index is 15.0. The van der Waals surface area contributed by atoms with Crippen LogP contribution in [0.3, 0.4) is 0 Å². The highest BCUT2D eigenvalue weighted by molar-refractivity contribution is 5.94. The molecule has 3 aromatic rings. The van der Waals surface area contributed by atoms with Gasteiger partial charge in [0.05, 0.1) is 41.0 Å². The fraction of sp³-hybridized carbons (Fsp3) is 0.433. The molecular weight excluding hydrogens is 531 g/mol. The summed E-state index contributed by atoms with van der Waals surface area (Å²) >= 11 is 0. The number of benzene rings is 1. The number of carbonyl (C=O) groups excluding carboxylic acids is 3. The molecule has 214 valence electrons. The number of esters is 1. The van der Waals surface area contributed by atoms with Gasteiger partial charge in [-0.15, -0.1) is 0 Å². The number of ether oxygens (including phenoxy) is 2. The van der Waals surface area contributed by atoms with E-state index in [-0.39, 0.29) is 55.6 Å². The molecule has 2 atom stereocenters. The summed E-state index contributed by atoms with van der Waals surface area (Å²) < 4.78 is 27.3. The molecule has 0 radical (unpaired) electrons. The van der Waals surface area contributed by atoms with Crippen LogP contribution in [0.25, 0.3) is 22.3 Å². The third-order valence-electron chi connectivity index (χ3n) is 8.46. The molecule has 0 saturated carbocycles. The number of amides is 2. The van der Waals surface area contributed by atoms with Crippen LogP contribution in [-0.2, 0) is 43.4 Å². The van der Waals surface area contributed by atoms with Crippen molar-refractivity contribution in [1.82, 2.24) is 20.2 Å². The summed E-state index contributed by atoms with van der Waals surface area (Å²) in [6.07, 6.45) is 1.88. The van der Waals surface area contributed by atoms with Gasteiger partial charge in [-0.2, -0.15) is 0 Å². The van der Waals surface area contributed by atoms with E-state index >= 15 is 4.39 Å². The number of cyclic esters (lactones) is 1. The van der Waals surface area contributed by atoms with Crippen molar-refractivity contribution in [2.75, 3.05) is 13.3 Å². The predicted octanol–water partition coefficient (Wildman–Crippen LogP) is 3.03. The van der Waals surface area contributed by atoms with Crippen LogP contribution in [-0.4, -0.2) is 40.7 Å². The Labute approximate surface area is 235 Å². The van der Waals surface area contributed by atoms with Crippen molar-refractivity contribution in [1.29, 1.82) is 0 Å². The third-order valence-corrected chi connectivity index (χ3v) is 8.46. The lowest BCUT2D eigenvalue weighted by Crippen LogP contribution is -2.36. The normalized spacial score (nSPS) is 18.4. The van der Waals surface area contributed by atoms with Crippen LogP contribution in [0.5, 0.6) is 0 Å². The number of nitrogens with one attached hydrogen (secondary N) is 2. The van der Waals surface area contributed by atoms with E-state index in [0.29, 0.717) is 59.3 Å². The van der Waals surface area contributed by atoms with Gasteiger partial charge in [-0.05, 0) is 54.5 Å². The number of hydrogen-bond acceptors (Lipinski definition) is 7. The van der Waals surface area contributed by atoms with Crippen LogP contribution in [0.15, 0.2) is 16.9 Å². The van der Waals surface area contributed by atoms with Crippen LogP contribution in [0.2, 0.25) is 0 Å². The number of aryl methyl sites for hydroxylation is 1. The Morgan fingerprint density at radius 2 is 1.98 bits per heavy atom. The van der Waals surface area contributed by atoms with Crippen molar-refractivity contribution < 1.29 is 28.2 Å². The molecule has 2 amide bonds. The van der Waals surface area contributed by atoms with Crippen molar-refractivity contribution in [3.05, 3.63) is 61.7 Å². The minimum Gasteiger partial charge on any atom is -0.460 e. The van der Waals surface area contributed by atoms with Crippen LogP contribution in [0.4, 0.5) is 4.39 Å². The standard InChI is InChI=1S/C30H31FN4O6/c1-4-15-17-8-23-28-18(10-35(23)29(38)19(17)11-41-30(15)39)27-21(33-25(37)12-40-13-32-24(36)5-2)7-6-16-14(3)20(31)9-22(34-28)26(16)27/h8-9,15,21H,4-7,10-13H2,1-3H3,(H,32,36)(H,33,37)/t15-,21+/m1/s1. The molecule has 10 nitrogen and oxygen atoms in total. The number of halogens is 1. The summed E-state index contributed by atoms with van der Waals surface area (Å²) in [5, 5.41) is 6.42. The molecule has 4 heterocycles. The molecule has 0 saturated heterocycles. The molecule has 0 fully saturated rings. The Hall–Kier alpha value is -4.12. The second kappa shape index (κ2) is 10.4. The minimum atomic E-state index is -0.541. The van der Waals surface area contributed by atoms with Gasteiger partial charge < -0.3 is 24.7 Å². The van der Waals surface area contributed by atoms with E-state index in [1.807, 2.05) is 13.0 Å². The molecule has 0 bridgehead atoms. The van der Waals surface area contributed by atoms with E-state index in [4.69, 9.17) is 14.5 Å². The summed E-state index contributed by atoms with van der Waals surface area (Å²) in [4.78, 5) is 55.3. The lowest BCUT2D eigenvalue weighted by molar-refractivity contribution is -0.148. The first-order valence-corrected chi connectivity index (χ1v) is 13.9. The van der Waals surface area contributed by atoms with Crippen molar-refractivity contribution in [3.63, 3.8) is 0 Å². The molecule has 1 aromatic carbocycles. The molecule has 2 N–H and O–H groups in total. The highest BCUT2D eigenvalue weighted by atomic mass is 19.1. The average Bonchev–Trinajstić information content (AvgIpc) is 3.32. The molecular formula is C30H31FN4O6. The van der Waals surface area contributed by atoms with Crippen molar-refractivity contribution >= 4 is 28.7 Å². The zero-order valence-electron chi connectivity index (χ0n) is 23.2. The molecule has 3 aliphatic rings. The lowest BCUT2D eigenvalue weighted by Gasteiger charge is -2.29. The van der Waals surface area contributed by atoms with E-state index < -0.39 is 12.0 Å². The molecule has 41 heavy (non-hydrogen) atoms. The molecule has 2 aliphatic heterocycles. The molecule has 2 aromatic heterocycles. The Bertz CT molecular complexity index is 1700. The lowest BCUT2D eigenvalue weighted by atomic mass is 9.81. The van der Waals surface area contributed by atoms with E-state index in [1.54, 1.807) is 18.4 Å². The van der Waals surface area contributed by atoms with Gasteiger partial charge in [-0.25, -0.2) is 9.37 Å². The highest BCUT2D eigenvalue weighted by Gasteiger charge is 2.37. The van der Waals surface area contributed by atoms with Gasteiger partial charge in [0.15, 0.2) is 0 Å². The van der Waals surface area contributed by atoms with Gasteiger partial charge in [-0.1, -0.05) is 13.8 Å². The molecule has 6 rings (SSSR count). The molecule has 0 unspecified atom stereocenters. The van der Waals surface area contributed by atoms with Crippen molar-refractivity contribution in [2.45, 2.75) is 71.6 Å². The summed E-state index contributed by atoms with van der Waals surface area (Å²) in [6.45, 7) is 5.18. The largest absolute Gasteiger partial charge is 0.460 e. The van der Waals surface area contributed by atoms with Gasteiger partial charge in [-0.3, -0.25) is 19.2 Å². The zero-order valence-corrected chi connectivity index (χ0v) is 23.2. The van der Waals surface area contributed by atoms with Crippen molar-refractivity contribution in [3.8, 4) is 11.4 Å². The Kier molecular flexibility index (Phi) is 6.85. The summed E-state index contributed by atoms with van der Waals surface area (Å²) in [5.74, 6) is -1.78. The van der Waals surface area contributed by atoms with Gasteiger partial charge in [0.25, 0.3) is 5.56 Å². The van der Waals surface area contributed by atoms with Crippen LogP contribution in [0, 0.1) is 12.7 Å². The monoisotopic (exact) mass is 562 g/mol. The fourth-order valence-electron chi connectivity index (χ4n) is 6.36.